The Labute approximate surface area is 142 Å². The monoisotopic (exact) mass is 331 g/mol. The summed E-state index contributed by atoms with van der Waals surface area (Å²) in [5.41, 5.74) is 1.36. The molecule has 0 aliphatic heterocycles. The van der Waals surface area contributed by atoms with Crippen molar-refractivity contribution in [2.75, 3.05) is 6.54 Å². The second-order valence-electron chi connectivity index (χ2n) is 6.66. The van der Waals surface area contributed by atoms with Crippen molar-refractivity contribution in [2.24, 2.45) is 0 Å². The molecule has 0 radical (unpaired) electrons. The van der Waals surface area contributed by atoms with Gasteiger partial charge in [0.1, 0.15) is 11.6 Å². The van der Waals surface area contributed by atoms with E-state index in [9.17, 15) is 9.59 Å². The SMILES string of the molecule is CCNC(=O)[C@H](Cc1c[nH]c2ccccc12)NC(=O)OC(C)(C)C. The van der Waals surface area contributed by atoms with Crippen molar-refractivity contribution in [1.29, 1.82) is 0 Å². The average molecular weight is 331 g/mol. The first kappa shape index (κ1) is 17.8. The van der Waals surface area contributed by atoms with Gasteiger partial charge in [-0.3, -0.25) is 4.79 Å². The van der Waals surface area contributed by atoms with Gasteiger partial charge in [-0.2, -0.15) is 0 Å². The summed E-state index contributed by atoms with van der Waals surface area (Å²) < 4.78 is 5.27. The van der Waals surface area contributed by atoms with E-state index in [-0.39, 0.29) is 5.91 Å². The summed E-state index contributed by atoms with van der Waals surface area (Å²) in [4.78, 5) is 27.5. The molecule has 130 valence electrons. The molecule has 0 unspecified atom stereocenters. The Morgan fingerprint density at radius 1 is 1.25 bits per heavy atom. The van der Waals surface area contributed by atoms with E-state index in [1.807, 2.05) is 37.4 Å². The first-order valence-corrected chi connectivity index (χ1v) is 8.12. The van der Waals surface area contributed by atoms with Crippen molar-refractivity contribution in [3.8, 4) is 0 Å². The number of carbonyl (C=O) groups excluding carboxylic acids is 2. The van der Waals surface area contributed by atoms with Gasteiger partial charge in [0, 0.05) is 30.1 Å². The van der Waals surface area contributed by atoms with Gasteiger partial charge in [0.05, 0.1) is 0 Å². The highest BCUT2D eigenvalue weighted by Gasteiger charge is 2.25. The summed E-state index contributed by atoms with van der Waals surface area (Å²) >= 11 is 0. The summed E-state index contributed by atoms with van der Waals surface area (Å²) in [6.07, 6.45) is 1.65. The lowest BCUT2D eigenvalue weighted by molar-refractivity contribution is -0.123. The lowest BCUT2D eigenvalue weighted by atomic mass is 10.0. The highest BCUT2D eigenvalue weighted by molar-refractivity contribution is 5.88. The molecule has 0 saturated carbocycles. The number of fused-ring (bicyclic) bond motifs is 1. The van der Waals surface area contributed by atoms with Gasteiger partial charge in [-0.05, 0) is 39.3 Å². The van der Waals surface area contributed by atoms with Gasteiger partial charge in [0.15, 0.2) is 0 Å². The van der Waals surface area contributed by atoms with Crippen LogP contribution in [0.1, 0.15) is 33.3 Å². The average Bonchev–Trinajstić information content (AvgIpc) is 2.88. The fraction of sp³-hybridized carbons (Fsp3) is 0.444. The molecule has 24 heavy (non-hydrogen) atoms. The second kappa shape index (κ2) is 7.38. The Kier molecular flexibility index (Phi) is 5.49. The number of para-hydroxylation sites is 1. The third-order valence-electron chi connectivity index (χ3n) is 3.46. The summed E-state index contributed by atoms with van der Waals surface area (Å²) in [6.45, 7) is 7.70. The Morgan fingerprint density at radius 3 is 2.62 bits per heavy atom. The van der Waals surface area contributed by atoms with E-state index in [4.69, 9.17) is 4.74 Å². The van der Waals surface area contributed by atoms with Gasteiger partial charge in [-0.1, -0.05) is 18.2 Å². The second-order valence-corrected chi connectivity index (χ2v) is 6.66. The Bertz CT molecular complexity index is 716. The zero-order valence-corrected chi connectivity index (χ0v) is 14.6. The van der Waals surface area contributed by atoms with Crippen LogP contribution in [0.15, 0.2) is 30.5 Å². The van der Waals surface area contributed by atoms with Crippen molar-refractivity contribution in [1.82, 2.24) is 15.6 Å². The van der Waals surface area contributed by atoms with E-state index in [1.54, 1.807) is 20.8 Å². The topological polar surface area (TPSA) is 83.2 Å². The molecular weight excluding hydrogens is 306 g/mol. The number of hydrogen-bond donors (Lipinski definition) is 3. The number of H-pyrrole nitrogens is 1. The van der Waals surface area contributed by atoms with Crippen LogP contribution >= 0.6 is 0 Å². The van der Waals surface area contributed by atoms with Crippen LogP contribution in [0.25, 0.3) is 10.9 Å². The third-order valence-corrected chi connectivity index (χ3v) is 3.46. The van der Waals surface area contributed by atoms with Crippen molar-refractivity contribution in [3.05, 3.63) is 36.0 Å². The van der Waals surface area contributed by atoms with E-state index >= 15 is 0 Å². The van der Waals surface area contributed by atoms with Crippen LogP contribution < -0.4 is 10.6 Å². The Balaban J connectivity index is 2.17. The Morgan fingerprint density at radius 2 is 1.96 bits per heavy atom. The van der Waals surface area contributed by atoms with Gasteiger partial charge >= 0.3 is 6.09 Å². The van der Waals surface area contributed by atoms with Crippen LogP contribution in [0, 0.1) is 0 Å². The molecule has 0 aliphatic carbocycles. The number of benzene rings is 1. The molecule has 1 heterocycles. The van der Waals surface area contributed by atoms with E-state index in [1.165, 1.54) is 0 Å². The quantitative estimate of drug-likeness (QED) is 0.788. The Hall–Kier alpha value is -2.50. The molecule has 6 nitrogen and oxygen atoms in total. The molecule has 2 rings (SSSR count). The van der Waals surface area contributed by atoms with E-state index in [0.717, 1.165) is 16.5 Å². The van der Waals surface area contributed by atoms with Gasteiger partial charge in [0.2, 0.25) is 5.91 Å². The maximum absolute atomic E-state index is 12.3. The zero-order chi connectivity index (χ0) is 17.7. The maximum Gasteiger partial charge on any atom is 0.408 e. The fourth-order valence-electron chi connectivity index (χ4n) is 2.48. The summed E-state index contributed by atoms with van der Waals surface area (Å²) in [5, 5.41) is 6.47. The molecule has 0 aliphatic rings. The summed E-state index contributed by atoms with van der Waals surface area (Å²) in [6, 6.07) is 7.16. The molecule has 1 aromatic carbocycles. The number of carbonyl (C=O) groups is 2. The minimum absolute atomic E-state index is 0.228. The fourth-order valence-corrected chi connectivity index (χ4v) is 2.48. The molecule has 0 fully saturated rings. The number of aromatic amines is 1. The van der Waals surface area contributed by atoms with Gasteiger partial charge in [-0.15, -0.1) is 0 Å². The highest BCUT2D eigenvalue weighted by Crippen LogP contribution is 2.19. The first-order chi connectivity index (χ1) is 11.3. The molecule has 0 bridgehead atoms. The number of ether oxygens (including phenoxy) is 1. The molecule has 1 aromatic heterocycles. The van der Waals surface area contributed by atoms with Gasteiger partial charge in [0.25, 0.3) is 0 Å². The molecule has 2 amide bonds. The van der Waals surface area contributed by atoms with Crippen molar-refractivity contribution >= 4 is 22.9 Å². The third kappa shape index (κ3) is 4.75. The van der Waals surface area contributed by atoms with Crippen molar-refractivity contribution in [3.63, 3.8) is 0 Å². The predicted molar refractivity (Wildman–Crippen MR) is 93.8 cm³/mol. The number of alkyl carbamates (subject to hydrolysis) is 1. The van der Waals surface area contributed by atoms with Crippen LogP contribution in [0.3, 0.4) is 0 Å². The first-order valence-electron chi connectivity index (χ1n) is 8.12. The minimum Gasteiger partial charge on any atom is -0.444 e. The lowest BCUT2D eigenvalue weighted by Crippen LogP contribution is -2.49. The van der Waals surface area contributed by atoms with Crippen LogP contribution in [-0.2, 0) is 16.0 Å². The number of rotatable bonds is 5. The normalized spacial score (nSPS) is 12.7. The zero-order valence-electron chi connectivity index (χ0n) is 14.6. The van der Waals surface area contributed by atoms with Crippen molar-refractivity contribution < 1.29 is 14.3 Å². The number of amides is 2. The molecule has 3 N–H and O–H groups in total. The molecular formula is C18H25N3O3. The molecule has 1 atom stereocenters. The van der Waals surface area contributed by atoms with Crippen LogP contribution in [0.5, 0.6) is 0 Å². The number of hydrogen-bond acceptors (Lipinski definition) is 3. The molecule has 6 heteroatoms. The molecule has 0 saturated heterocycles. The largest absolute Gasteiger partial charge is 0.444 e. The van der Waals surface area contributed by atoms with Crippen LogP contribution in [0.4, 0.5) is 4.79 Å². The smallest absolute Gasteiger partial charge is 0.408 e. The van der Waals surface area contributed by atoms with E-state index in [0.29, 0.717) is 13.0 Å². The summed E-state index contributed by atoms with van der Waals surface area (Å²) in [7, 11) is 0. The van der Waals surface area contributed by atoms with Crippen molar-refractivity contribution in [2.45, 2.75) is 45.8 Å². The number of aromatic nitrogens is 1. The lowest BCUT2D eigenvalue weighted by Gasteiger charge is -2.23. The van der Waals surface area contributed by atoms with E-state index < -0.39 is 17.7 Å². The molecule has 2 aromatic rings. The minimum atomic E-state index is -0.695. The summed E-state index contributed by atoms with van der Waals surface area (Å²) in [5.74, 6) is -0.228. The standard InChI is InChI=1S/C18H25N3O3/c1-5-19-16(22)15(21-17(23)24-18(2,3)4)10-12-11-20-14-9-7-6-8-13(12)14/h6-9,11,15,20H,5,10H2,1-4H3,(H,19,22)(H,21,23)/t15-/m0/s1. The van der Waals surface area contributed by atoms with E-state index in [2.05, 4.69) is 15.6 Å². The van der Waals surface area contributed by atoms with Crippen LogP contribution in [0.2, 0.25) is 0 Å². The highest BCUT2D eigenvalue weighted by atomic mass is 16.6. The predicted octanol–water partition coefficient (Wildman–Crippen LogP) is 2.74. The number of likely N-dealkylation sites (N-methyl/N-ethyl adjacent to an activating group) is 1. The van der Waals surface area contributed by atoms with Gasteiger partial charge in [-0.25, -0.2) is 4.79 Å². The molecule has 0 spiro atoms. The maximum atomic E-state index is 12.3. The van der Waals surface area contributed by atoms with Crippen LogP contribution in [-0.4, -0.2) is 35.2 Å². The number of nitrogens with one attached hydrogen (secondary N) is 3. The van der Waals surface area contributed by atoms with Gasteiger partial charge < -0.3 is 20.4 Å².